The molecule has 0 saturated carbocycles. The Morgan fingerprint density at radius 1 is 1.17 bits per heavy atom. The van der Waals surface area contributed by atoms with Gasteiger partial charge in [-0.25, -0.2) is 8.42 Å². The Hall–Kier alpha value is -1.85. The van der Waals surface area contributed by atoms with Gasteiger partial charge in [0.25, 0.3) is 0 Å². The van der Waals surface area contributed by atoms with Crippen molar-refractivity contribution >= 4 is 9.84 Å². The highest BCUT2D eigenvalue weighted by Gasteiger charge is 2.24. The quantitative estimate of drug-likeness (QED) is 0.938. The van der Waals surface area contributed by atoms with Crippen molar-refractivity contribution in [2.75, 3.05) is 26.5 Å². The molecule has 3 rings (SSSR count). The molecule has 0 radical (unpaired) electrons. The summed E-state index contributed by atoms with van der Waals surface area (Å²) in [5, 5.41) is 3.45. The highest BCUT2D eigenvalue weighted by Crippen LogP contribution is 2.35. The van der Waals surface area contributed by atoms with Gasteiger partial charge in [-0.15, -0.1) is 0 Å². The second-order valence-corrected chi connectivity index (χ2v) is 7.88. The van der Waals surface area contributed by atoms with Gasteiger partial charge in [0.2, 0.25) is 0 Å². The van der Waals surface area contributed by atoms with E-state index < -0.39 is 9.84 Å². The van der Waals surface area contributed by atoms with Crippen LogP contribution in [0.2, 0.25) is 0 Å². The summed E-state index contributed by atoms with van der Waals surface area (Å²) in [6.45, 7) is 1.67. The van der Waals surface area contributed by atoms with Crippen LogP contribution in [-0.4, -0.2) is 34.9 Å². The highest BCUT2D eigenvalue weighted by atomic mass is 32.2. The van der Waals surface area contributed by atoms with Crippen LogP contribution in [0.3, 0.4) is 0 Å². The summed E-state index contributed by atoms with van der Waals surface area (Å²) >= 11 is 0. The van der Waals surface area contributed by atoms with Gasteiger partial charge in [0, 0.05) is 18.7 Å². The fourth-order valence-electron chi connectivity index (χ4n) is 3.17. The van der Waals surface area contributed by atoms with Gasteiger partial charge in [-0.05, 0) is 41.8 Å². The molecule has 0 bridgehead atoms. The van der Waals surface area contributed by atoms with E-state index in [1.165, 1.54) is 18.9 Å². The summed E-state index contributed by atoms with van der Waals surface area (Å²) in [5.74, 6) is 0.616. The molecule has 0 fully saturated rings. The molecule has 5 heteroatoms. The fourth-order valence-corrected chi connectivity index (χ4v) is 4.03. The molecule has 23 heavy (non-hydrogen) atoms. The number of hydrogen-bond acceptors (Lipinski definition) is 4. The summed E-state index contributed by atoms with van der Waals surface area (Å²) in [4.78, 5) is 0.271. The molecule has 1 N–H and O–H groups in total. The van der Waals surface area contributed by atoms with E-state index in [1.54, 1.807) is 6.07 Å². The van der Waals surface area contributed by atoms with Crippen LogP contribution < -0.4 is 10.1 Å². The summed E-state index contributed by atoms with van der Waals surface area (Å²) < 4.78 is 29.4. The number of rotatable bonds is 3. The molecule has 1 unspecified atom stereocenters. The van der Waals surface area contributed by atoms with Crippen molar-refractivity contribution in [1.29, 1.82) is 0 Å². The Bertz CT molecular complexity index is 801. The summed E-state index contributed by atoms with van der Waals surface area (Å²) in [6, 6.07) is 14.0. The Balaban J connectivity index is 2.18. The van der Waals surface area contributed by atoms with Crippen LogP contribution in [0.4, 0.5) is 0 Å². The van der Waals surface area contributed by atoms with Gasteiger partial charge in [0.05, 0.1) is 7.11 Å². The second kappa shape index (κ2) is 6.34. The van der Waals surface area contributed by atoms with Crippen LogP contribution in [0, 0.1) is 0 Å². The zero-order valence-corrected chi connectivity index (χ0v) is 14.2. The Labute approximate surface area is 137 Å². The number of nitrogens with one attached hydrogen (secondary N) is 1. The molecule has 1 aliphatic heterocycles. The first-order valence-corrected chi connectivity index (χ1v) is 9.56. The predicted octanol–water partition coefficient (Wildman–Crippen LogP) is 2.38. The Morgan fingerprint density at radius 3 is 2.57 bits per heavy atom. The minimum Gasteiger partial charge on any atom is -0.495 e. The smallest absolute Gasteiger partial charge is 0.179 e. The van der Waals surface area contributed by atoms with Gasteiger partial charge in [-0.3, -0.25) is 0 Å². The van der Waals surface area contributed by atoms with E-state index in [9.17, 15) is 8.42 Å². The SMILES string of the molecule is COc1cc2c(cc1S(C)(=O)=O)CCNCC2c1ccccc1. The fraction of sp³-hybridized carbons (Fsp3) is 0.333. The lowest BCUT2D eigenvalue weighted by atomic mass is 9.88. The van der Waals surface area contributed by atoms with Crippen molar-refractivity contribution < 1.29 is 13.2 Å². The first-order chi connectivity index (χ1) is 11.0. The van der Waals surface area contributed by atoms with E-state index in [-0.39, 0.29) is 10.8 Å². The third kappa shape index (κ3) is 3.26. The van der Waals surface area contributed by atoms with Crippen molar-refractivity contribution in [1.82, 2.24) is 5.32 Å². The van der Waals surface area contributed by atoms with E-state index in [2.05, 4.69) is 17.4 Å². The standard InChI is InChI=1S/C18H21NO3S/c1-22-17-11-15-14(10-18(17)23(2,20)21)8-9-19-12-16(15)13-6-4-3-5-7-13/h3-7,10-11,16,19H,8-9,12H2,1-2H3. The predicted molar refractivity (Wildman–Crippen MR) is 91.0 cm³/mol. The maximum Gasteiger partial charge on any atom is 0.179 e. The maximum atomic E-state index is 12.0. The molecule has 0 spiro atoms. The number of benzene rings is 2. The lowest BCUT2D eigenvalue weighted by molar-refractivity contribution is 0.402. The van der Waals surface area contributed by atoms with Crippen molar-refractivity contribution in [3.05, 3.63) is 59.2 Å². The topological polar surface area (TPSA) is 55.4 Å². The average molecular weight is 331 g/mol. The minimum atomic E-state index is -3.32. The second-order valence-electron chi connectivity index (χ2n) is 5.89. The molecule has 1 atom stereocenters. The lowest BCUT2D eigenvalue weighted by Gasteiger charge is -2.20. The molecule has 4 nitrogen and oxygen atoms in total. The van der Waals surface area contributed by atoms with E-state index in [1.807, 2.05) is 24.3 Å². The van der Waals surface area contributed by atoms with Crippen LogP contribution in [-0.2, 0) is 16.3 Å². The van der Waals surface area contributed by atoms with Gasteiger partial charge in [-0.2, -0.15) is 0 Å². The van der Waals surface area contributed by atoms with Gasteiger partial charge in [0.1, 0.15) is 10.6 Å². The first kappa shape index (κ1) is 16.0. The normalized spacial score (nSPS) is 18.1. The Kier molecular flexibility index (Phi) is 4.41. The van der Waals surface area contributed by atoms with E-state index in [0.717, 1.165) is 30.6 Å². The molecule has 0 aromatic heterocycles. The van der Waals surface area contributed by atoms with Crippen molar-refractivity contribution in [3.8, 4) is 5.75 Å². The largest absolute Gasteiger partial charge is 0.495 e. The van der Waals surface area contributed by atoms with Crippen LogP contribution in [0.25, 0.3) is 0 Å². The minimum absolute atomic E-state index is 0.191. The molecule has 2 aromatic carbocycles. The zero-order chi connectivity index (χ0) is 16.4. The maximum absolute atomic E-state index is 12.0. The van der Waals surface area contributed by atoms with E-state index >= 15 is 0 Å². The summed E-state index contributed by atoms with van der Waals surface area (Å²) in [5.41, 5.74) is 3.44. The van der Waals surface area contributed by atoms with Crippen LogP contribution in [0.15, 0.2) is 47.4 Å². The zero-order valence-electron chi connectivity index (χ0n) is 13.4. The molecule has 0 aliphatic carbocycles. The molecule has 0 saturated heterocycles. The molecular formula is C18H21NO3S. The monoisotopic (exact) mass is 331 g/mol. The number of ether oxygens (including phenoxy) is 1. The highest BCUT2D eigenvalue weighted by molar-refractivity contribution is 7.90. The van der Waals surface area contributed by atoms with Gasteiger partial charge < -0.3 is 10.1 Å². The molecule has 1 aliphatic rings. The molecule has 0 amide bonds. The van der Waals surface area contributed by atoms with Crippen molar-refractivity contribution in [2.45, 2.75) is 17.2 Å². The molecule has 2 aromatic rings. The average Bonchev–Trinajstić information content (AvgIpc) is 2.75. The van der Waals surface area contributed by atoms with Gasteiger partial charge >= 0.3 is 0 Å². The number of methoxy groups -OCH3 is 1. The molecule has 122 valence electrons. The molecule has 1 heterocycles. The summed E-state index contributed by atoms with van der Waals surface area (Å²) in [7, 11) is -1.80. The summed E-state index contributed by atoms with van der Waals surface area (Å²) in [6.07, 6.45) is 2.03. The lowest BCUT2D eigenvalue weighted by Crippen LogP contribution is -2.20. The van der Waals surface area contributed by atoms with Crippen molar-refractivity contribution in [2.24, 2.45) is 0 Å². The van der Waals surface area contributed by atoms with Crippen LogP contribution >= 0.6 is 0 Å². The van der Waals surface area contributed by atoms with Crippen LogP contribution in [0.5, 0.6) is 5.75 Å². The number of fused-ring (bicyclic) bond motifs is 1. The van der Waals surface area contributed by atoms with Gasteiger partial charge in [-0.1, -0.05) is 30.3 Å². The third-order valence-corrected chi connectivity index (χ3v) is 5.44. The third-order valence-electron chi connectivity index (χ3n) is 4.32. The Morgan fingerprint density at radius 2 is 1.91 bits per heavy atom. The van der Waals surface area contributed by atoms with Crippen LogP contribution in [0.1, 0.15) is 22.6 Å². The molecular weight excluding hydrogens is 310 g/mol. The van der Waals surface area contributed by atoms with Crippen molar-refractivity contribution in [3.63, 3.8) is 0 Å². The first-order valence-electron chi connectivity index (χ1n) is 7.67. The number of sulfone groups is 1. The van der Waals surface area contributed by atoms with E-state index in [4.69, 9.17) is 4.74 Å². The number of hydrogen-bond donors (Lipinski definition) is 1. The van der Waals surface area contributed by atoms with Gasteiger partial charge in [0.15, 0.2) is 9.84 Å². The van der Waals surface area contributed by atoms with E-state index in [0.29, 0.717) is 5.75 Å².